The van der Waals surface area contributed by atoms with Crippen LogP contribution >= 0.6 is 0 Å². The van der Waals surface area contributed by atoms with Gasteiger partial charge in [0, 0.05) is 23.5 Å². The van der Waals surface area contributed by atoms with Crippen LogP contribution in [0.1, 0.15) is 56.6 Å². The Morgan fingerprint density at radius 1 is 1.07 bits per heavy atom. The molecule has 0 radical (unpaired) electrons. The fourth-order valence-corrected chi connectivity index (χ4v) is 3.21. The fraction of sp³-hybridized carbons (Fsp3) is 0.375. The van der Waals surface area contributed by atoms with E-state index in [0.717, 1.165) is 11.1 Å². The van der Waals surface area contributed by atoms with E-state index in [1.807, 2.05) is 68.5 Å². The third-order valence-electron chi connectivity index (χ3n) is 4.61. The van der Waals surface area contributed by atoms with Gasteiger partial charge in [-0.1, -0.05) is 74.5 Å². The van der Waals surface area contributed by atoms with E-state index in [-0.39, 0.29) is 24.2 Å². The molecular weight excluding hydrogens is 368 g/mol. The molecule has 0 bridgehead atoms. The predicted molar refractivity (Wildman–Crippen MR) is 113 cm³/mol. The summed E-state index contributed by atoms with van der Waals surface area (Å²) in [6, 6.07) is 16.9. The maximum absolute atomic E-state index is 10.6. The van der Waals surface area contributed by atoms with Gasteiger partial charge in [0.15, 0.2) is 6.29 Å². The molecule has 2 aromatic rings. The number of aromatic hydroxyl groups is 1. The average Bonchev–Trinajstić information content (AvgIpc) is 2.76. The van der Waals surface area contributed by atoms with Crippen molar-refractivity contribution in [3.05, 3.63) is 77.9 Å². The van der Waals surface area contributed by atoms with Crippen LogP contribution in [0.5, 0.6) is 5.75 Å². The van der Waals surface area contributed by atoms with Gasteiger partial charge in [0.2, 0.25) is 0 Å². The number of phenolic OH excluding ortho intramolecular Hbond substituents is 1. The Hall–Kier alpha value is -2.63. The number of hydrogen-bond acceptors (Lipinski definition) is 4. The van der Waals surface area contributed by atoms with Crippen LogP contribution in [-0.2, 0) is 14.3 Å². The van der Waals surface area contributed by atoms with Crippen LogP contribution in [0.4, 0.5) is 0 Å². The lowest BCUT2D eigenvalue weighted by atomic mass is 9.91. The Labute approximate surface area is 172 Å². The molecule has 1 aliphatic heterocycles. The Morgan fingerprint density at radius 2 is 1.76 bits per heavy atom. The van der Waals surface area contributed by atoms with Gasteiger partial charge < -0.3 is 19.7 Å². The van der Waals surface area contributed by atoms with Gasteiger partial charge in [-0.05, 0) is 18.9 Å². The molecule has 2 N–H and O–H groups in total. The summed E-state index contributed by atoms with van der Waals surface area (Å²) in [6.45, 7) is 4.49. The Balaban J connectivity index is 0.00000145. The molecule has 0 amide bonds. The lowest BCUT2D eigenvalue weighted by molar-refractivity contribution is -0.244. The molecule has 156 valence electrons. The van der Waals surface area contributed by atoms with E-state index in [2.05, 4.69) is 0 Å². The topological polar surface area (TPSA) is 76.0 Å². The van der Waals surface area contributed by atoms with E-state index >= 15 is 0 Å². The number of hydrogen-bond donors (Lipinski definition) is 2. The van der Waals surface area contributed by atoms with Crippen molar-refractivity contribution in [3.63, 3.8) is 0 Å². The zero-order chi connectivity index (χ0) is 21.1. The minimum atomic E-state index is -0.804. The summed E-state index contributed by atoms with van der Waals surface area (Å²) < 4.78 is 12.2. The van der Waals surface area contributed by atoms with Crippen molar-refractivity contribution in [2.45, 2.75) is 45.5 Å². The van der Waals surface area contributed by atoms with Gasteiger partial charge in [-0.2, -0.15) is 0 Å². The van der Waals surface area contributed by atoms with Crippen molar-refractivity contribution in [1.82, 2.24) is 0 Å². The van der Waals surface area contributed by atoms with E-state index in [1.165, 1.54) is 0 Å². The maximum Gasteiger partial charge on any atom is 0.303 e. The highest BCUT2D eigenvalue weighted by atomic mass is 16.7. The highest BCUT2D eigenvalue weighted by Gasteiger charge is 2.34. The summed E-state index contributed by atoms with van der Waals surface area (Å²) in [5.74, 6) is -0.572. The Morgan fingerprint density at radius 3 is 2.45 bits per heavy atom. The molecular formula is C24H30O5. The van der Waals surface area contributed by atoms with Crippen molar-refractivity contribution >= 4 is 5.97 Å². The molecule has 1 fully saturated rings. The number of benzene rings is 2. The molecule has 1 aliphatic rings. The van der Waals surface area contributed by atoms with E-state index in [1.54, 1.807) is 12.1 Å². The first-order chi connectivity index (χ1) is 14.1. The summed E-state index contributed by atoms with van der Waals surface area (Å²) in [6.07, 6.45) is 4.35. The molecule has 1 saturated heterocycles. The van der Waals surface area contributed by atoms with Crippen LogP contribution in [0.3, 0.4) is 0 Å². The molecule has 3 rings (SSSR count). The third-order valence-corrected chi connectivity index (χ3v) is 4.61. The van der Waals surface area contributed by atoms with Crippen LogP contribution in [0, 0.1) is 5.92 Å². The summed E-state index contributed by atoms with van der Waals surface area (Å²) >= 11 is 0. The molecule has 0 unspecified atom stereocenters. The maximum atomic E-state index is 10.6. The number of aliphatic carboxylic acids is 1. The van der Waals surface area contributed by atoms with E-state index < -0.39 is 12.3 Å². The monoisotopic (exact) mass is 398 g/mol. The lowest BCUT2D eigenvalue weighted by Crippen LogP contribution is -2.30. The van der Waals surface area contributed by atoms with Crippen molar-refractivity contribution in [2.75, 3.05) is 6.61 Å². The van der Waals surface area contributed by atoms with Gasteiger partial charge in [-0.3, -0.25) is 4.79 Å². The number of carbonyl (C=O) groups is 1. The molecule has 3 atom stereocenters. The zero-order valence-corrected chi connectivity index (χ0v) is 17.0. The number of carboxylic acid groups (broad SMARTS) is 1. The normalized spacial score (nSPS) is 21.4. The third kappa shape index (κ3) is 6.73. The quantitative estimate of drug-likeness (QED) is 0.591. The van der Waals surface area contributed by atoms with Gasteiger partial charge in [-0.15, -0.1) is 0 Å². The Bertz CT molecular complexity index is 772. The summed E-state index contributed by atoms with van der Waals surface area (Å²) in [5.41, 5.74) is 1.68. The van der Waals surface area contributed by atoms with E-state index in [9.17, 15) is 9.90 Å². The zero-order valence-electron chi connectivity index (χ0n) is 17.0. The average molecular weight is 398 g/mol. The predicted octanol–water partition coefficient (Wildman–Crippen LogP) is 5.63. The molecule has 0 aliphatic carbocycles. The molecule has 0 aromatic heterocycles. The van der Waals surface area contributed by atoms with Gasteiger partial charge in [0.05, 0.1) is 12.7 Å². The SMILES string of the molecule is CC.O=C(O)CC/C=C\C[C@@H]1CO[C@H](c2ccccc2)O[C@@H]1c1ccccc1O. The van der Waals surface area contributed by atoms with Crippen LogP contribution in [-0.4, -0.2) is 22.8 Å². The second kappa shape index (κ2) is 12.0. The van der Waals surface area contributed by atoms with Crippen LogP contribution in [0.2, 0.25) is 0 Å². The van der Waals surface area contributed by atoms with E-state index in [4.69, 9.17) is 14.6 Å². The lowest BCUT2D eigenvalue weighted by Gasteiger charge is -2.37. The second-order valence-corrected chi connectivity index (χ2v) is 6.59. The molecule has 29 heavy (non-hydrogen) atoms. The summed E-state index contributed by atoms with van der Waals surface area (Å²) in [7, 11) is 0. The first-order valence-corrected chi connectivity index (χ1v) is 10.1. The number of carboxylic acids is 1. The molecule has 5 heteroatoms. The van der Waals surface area contributed by atoms with Gasteiger partial charge >= 0.3 is 5.97 Å². The Kier molecular flexibility index (Phi) is 9.41. The standard InChI is InChI=1S/C22H24O5.C2H6/c23-19-13-8-7-12-18(19)21-17(11-5-2-6-14-20(24)25)15-26-22(27-21)16-9-3-1-4-10-16;1-2/h1-5,7-10,12-13,17,21-23H,6,11,14-15H2,(H,24,25);1-2H3/b5-2-;/t17-,21+,22+;/m1./s1. The van der Waals surface area contributed by atoms with Crippen LogP contribution < -0.4 is 0 Å². The molecule has 0 saturated carbocycles. The van der Waals surface area contributed by atoms with Crippen molar-refractivity contribution < 1.29 is 24.5 Å². The first-order valence-electron chi connectivity index (χ1n) is 10.1. The van der Waals surface area contributed by atoms with Gasteiger partial charge in [-0.25, -0.2) is 0 Å². The number of rotatable bonds is 7. The number of ether oxygens (including phenoxy) is 2. The second-order valence-electron chi connectivity index (χ2n) is 6.59. The molecule has 0 spiro atoms. The smallest absolute Gasteiger partial charge is 0.303 e. The van der Waals surface area contributed by atoms with Crippen LogP contribution in [0.15, 0.2) is 66.7 Å². The summed E-state index contributed by atoms with van der Waals surface area (Å²) in [5, 5.41) is 19.0. The number of allylic oxidation sites excluding steroid dienone is 2. The minimum Gasteiger partial charge on any atom is -0.508 e. The van der Waals surface area contributed by atoms with Gasteiger partial charge in [0.25, 0.3) is 0 Å². The fourth-order valence-electron chi connectivity index (χ4n) is 3.21. The number of phenols is 1. The molecule has 1 heterocycles. The molecule has 2 aromatic carbocycles. The van der Waals surface area contributed by atoms with Crippen molar-refractivity contribution in [3.8, 4) is 5.75 Å². The largest absolute Gasteiger partial charge is 0.508 e. The van der Waals surface area contributed by atoms with Crippen LogP contribution in [0.25, 0.3) is 0 Å². The highest BCUT2D eigenvalue weighted by molar-refractivity contribution is 5.66. The number of para-hydroxylation sites is 1. The van der Waals surface area contributed by atoms with Crippen molar-refractivity contribution in [1.29, 1.82) is 0 Å². The first kappa shape index (κ1) is 22.7. The summed E-state index contributed by atoms with van der Waals surface area (Å²) in [4.78, 5) is 10.6. The minimum absolute atomic E-state index is 0.0272. The molecule has 5 nitrogen and oxygen atoms in total. The van der Waals surface area contributed by atoms with E-state index in [0.29, 0.717) is 19.4 Å². The van der Waals surface area contributed by atoms with Crippen molar-refractivity contribution in [2.24, 2.45) is 5.92 Å². The highest BCUT2D eigenvalue weighted by Crippen LogP contribution is 2.42. The van der Waals surface area contributed by atoms with Gasteiger partial charge in [0.1, 0.15) is 5.75 Å².